The van der Waals surface area contributed by atoms with Crippen molar-refractivity contribution in [2.24, 2.45) is 0 Å². The lowest BCUT2D eigenvalue weighted by molar-refractivity contribution is -0.126. The molecule has 1 aliphatic heterocycles. The maximum absolute atomic E-state index is 11.4. The van der Waals surface area contributed by atoms with E-state index in [9.17, 15) is 14.7 Å². The van der Waals surface area contributed by atoms with E-state index >= 15 is 0 Å². The highest BCUT2D eigenvalue weighted by Gasteiger charge is 2.26. The number of rotatable bonds is 4. The van der Waals surface area contributed by atoms with E-state index in [1.165, 1.54) is 0 Å². The lowest BCUT2D eigenvalue weighted by Gasteiger charge is -2.13. The van der Waals surface area contributed by atoms with Gasteiger partial charge in [0.15, 0.2) is 0 Å². The van der Waals surface area contributed by atoms with Gasteiger partial charge in [-0.1, -0.05) is 6.92 Å². The van der Waals surface area contributed by atoms with Crippen molar-refractivity contribution in [3.05, 3.63) is 0 Å². The fourth-order valence-electron chi connectivity index (χ4n) is 1.30. The van der Waals surface area contributed by atoms with Gasteiger partial charge in [-0.05, 0) is 12.8 Å². The molecule has 1 aliphatic rings. The SMILES string of the molecule is CCC(O)CNC(=O)C1CCC(=O)N1. The summed E-state index contributed by atoms with van der Waals surface area (Å²) >= 11 is 0. The van der Waals surface area contributed by atoms with Crippen LogP contribution in [-0.2, 0) is 9.59 Å². The monoisotopic (exact) mass is 200 g/mol. The molecule has 0 aromatic heterocycles. The molecule has 1 saturated heterocycles. The molecule has 5 nitrogen and oxygen atoms in total. The Morgan fingerprint density at radius 3 is 3.00 bits per heavy atom. The Labute approximate surface area is 82.9 Å². The van der Waals surface area contributed by atoms with Gasteiger partial charge in [0.25, 0.3) is 0 Å². The summed E-state index contributed by atoms with van der Waals surface area (Å²) in [5.74, 6) is -0.287. The van der Waals surface area contributed by atoms with Crippen LogP contribution in [0.5, 0.6) is 0 Å². The van der Waals surface area contributed by atoms with Gasteiger partial charge in [-0.3, -0.25) is 9.59 Å². The van der Waals surface area contributed by atoms with Crippen LogP contribution in [0.4, 0.5) is 0 Å². The molecule has 0 spiro atoms. The zero-order valence-electron chi connectivity index (χ0n) is 8.25. The lowest BCUT2D eigenvalue weighted by Crippen LogP contribution is -2.44. The van der Waals surface area contributed by atoms with Gasteiger partial charge in [0.05, 0.1) is 6.10 Å². The molecule has 1 heterocycles. The molecule has 1 rings (SSSR count). The molecular weight excluding hydrogens is 184 g/mol. The Morgan fingerprint density at radius 1 is 1.79 bits per heavy atom. The molecule has 2 unspecified atom stereocenters. The predicted octanol–water partition coefficient (Wildman–Crippen LogP) is -0.848. The molecule has 5 heteroatoms. The first kappa shape index (κ1) is 11.0. The standard InChI is InChI=1S/C9H16N2O3/c1-2-6(12)5-10-9(14)7-3-4-8(13)11-7/h6-7,12H,2-5H2,1H3,(H,10,14)(H,11,13). The normalized spacial score (nSPS) is 23.0. The Kier molecular flexibility index (Phi) is 3.88. The van der Waals surface area contributed by atoms with Crippen molar-refractivity contribution in [3.8, 4) is 0 Å². The van der Waals surface area contributed by atoms with Gasteiger partial charge in [0, 0.05) is 13.0 Å². The first-order valence-corrected chi connectivity index (χ1v) is 4.88. The summed E-state index contributed by atoms with van der Waals surface area (Å²) in [6.07, 6.45) is 1.06. The van der Waals surface area contributed by atoms with E-state index in [1.54, 1.807) is 0 Å². The Balaban J connectivity index is 2.25. The van der Waals surface area contributed by atoms with Gasteiger partial charge in [0.1, 0.15) is 6.04 Å². The van der Waals surface area contributed by atoms with E-state index < -0.39 is 12.1 Å². The van der Waals surface area contributed by atoms with Gasteiger partial charge in [0.2, 0.25) is 11.8 Å². The summed E-state index contributed by atoms with van der Waals surface area (Å²) in [5, 5.41) is 14.4. The van der Waals surface area contributed by atoms with Crippen molar-refractivity contribution in [3.63, 3.8) is 0 Å². The summed E-state index contributed by atoms with van der Waals surface area (Å²) in [4.78, 5) is 22.2. The maximum Gasteiger partial charge on any atom is 0.242 e. The summed E-state index contributed by atoms with van der Waals surface area (Å²) < 4.78 is 0. The zero-order valence-corrected chi connectivity index (χ0v) is 8.25. The fourth-order valence-corrected chi connectivity index (χ4v) is 1.30. The predicted molar refractivity (Wildman–Crippen MR) is 50.5 cm³/mol. The maximum atomic E-state index is 11.4. The van der Waals surface area contributed by atoms with E-state index in [4.69, 9.17) is 0 Å². The second-order valence-electron chi connectivity index (χ2n) is 3.47. The summed E-state index contributed by atoms with van der Waals surface area (Å²) in [7, 11) is 0. The van der Waals surface area contributed by atoms with Crippen molar-refractivity contribution in [1.29, 1.82) is 0 Å². The van der Waals surface area contributed by atoms with Gasteiger partial charge < -0.3 is 15.7 Å². The second-order valence-corrected chi connectivity index (χ2v) is 3.47. The van der Waals surface area contributed by atoms with Crippen LogP contribution >= 0.6 is 0 Å². The molecule has 0 aromatic carbocycles. The number of carbonyl (C=O) groups excluding carboxylic acids is 2. The molecule has 80 valence electrons. The molecule has 1 fully saturated rings. The third-order valence-corrected chi connectivity index (χ3v) is 2.29. The van der Waals surface area contributed by atoms with Gasteiger partial charge in [-0.25, -0.2) is 0 Å². The highest BCUT2D eigenvalue weighted by molar-refractivity contribution is 5.90. The minimum Gasteiger partial charge on any atom is -0.391 e. The first-order chi connectivity index (χ1) is 6.63. The molecular formula is C9H16N2O3. The molecule has 0 bridgehead atoms. The average Bonchev–Trinajstić information content (AvgIpc) is 2.60. The van der Waals surface area contributed by atoms with Crippen molar-refractivity contribution in [2.75, 3.05) is 6.54 Å². The van der Waals surface area contributed by atoms with Crippen molar-refractivity contribution < 1.29 is 14.7 Å². The minimum absolute atomic E-state index is 0.0822. The van der Waals surface area contributed by atoms with Crippen LogP contribution in [0.3, 0.4) is 0 Å². The number of hydrogen-bond acceptors (Lipinski definition) is 3. The minimum atomic E-state index is -0.504. The zero-order chi connectivity index (χ0) is 10.6. The summed E-state index contributed by atoms with van der Waals surface area (Å²) in [5.41, 5.74) is 0. The lowest BCUT2D eigenvalue weighted by atomic mass is 10.2. The smallest absolute Gasteiger partial charge is 0.242 e. The average molecular weight is 200 g/mol. The molecule has 2 amide bonds. The number of amides is 2. The highest BCUT2D eigenvalue weighted by atomic mass is 16.3. The summed E-state index contributed by atoms with van der Waals surface area (Å²) in [6.45, 7) is 2.09. The highest BCUT2D eigenvalue weighted by Crippen LogP contribution is 2.06. The molecule has 2 atom stereocenters. The van der Waals surface area contributed by atoms with E-state index in [2.05, 4.69) is 10.6 Å². The van der Waals surface area contributed by atoms with E-state index in [1.807, 2.05) is 6.92 Å². The van der Waals surface area contributed by atoms with E-state index in [0.717, 1.165) is 0 Å². The molecule has 0 aromatic rings. The molecule has 14 heavy (non-hydrogen) atoms. The van der Waals surface area contributed by atoms with Crippen LogP contribution in [-0.4, -0.2) is 35.6 Å². The number of carbonyl (C=O) groups is 2. The van der Waals surface area contributed by atoms with Crippen LogP contribution in [0.2, 0.25) is 0 Å². The Bertz CT molecular complexity index is 230. The quantitative estimate of drug-likeness (QED) is 0.553. The second kappa shape index (κ2) is 4.95. The number of nitrogens with one attached hydrogen (secondary N) is 2. The van der Waals surface area contributed by atoms with Crippen LogP contribution in [0.25, 0.3) is 0 Å². The van der Waals surface area contributed by atoms with E-state index in [0.29, 0.717) is 19.3 Å². The first-order valence-electron chi connectivity index (χ1n) is 4.88. The van der Waals surface area contributed by atoms with Crippen molar-refractivity contribution in [2.45, 2.75) is 38.3 Å². The third kappa shape index (κ3) is 2.99. The van der Waals surface area contributed by atoms with Gasteiger partial charge in [-0.2, -0.15) is 0 Å². The fraction of sp³-hybridized carbons (Fsp3) is 0.778. The van der Waals surface area contributed by atoms with Gasteiger partial charge >= 0.3 is 0 Å². The molecule has 0 radical (unpaired) electrons. The Hall–Kier alpha value is -1.10. The van der Waals surface area contributed by atoms with Crippen LogP contribution < -0.4 is 10.6 Å². The summed E-state index contributed by atoms with van der Waals surface area (Å²) in [6, 6.07) is -0.411. The molecule has 0 aliphatic carbocycles. The largest absolute Gasteiger partial charge is 0.391 e. The van der Waals surface area contributed by atoms with E-state index in [-0.39, 0.29) is 18.4 Å². The topological polar surface area (TPSA) is 78.4 Å². The molecule has 0 saturated carbocycles. The molecule has 3 N–H and O–H groups in total. The van der Waals surface area contributed by atoms with Crippen LogP contribution in [0.1, 0.15) is 26.2 Å². The van der Waals surface area contributed by atoms with Crippen LogP contribution in [0, 0.1) is 0 Å². The Morgan fingerprint density at radius 2 is 2.50 bits per heavy atom. The van der Waals surface area contributed by atoms with Crippen molar-refractivity contribution in [1.82, 2.24) is 10.6 Å². The number of aliphatic hydroxyl groups is 1. The number of hydrogen-bond donors (Lipinski definition) is 3. The number of aliphatic hydroxyl groups excluding tert-OH is 1. The van der Waals surface area contributed by atoms with Crippen LogP contribution in [0.15, 0.2) is 0 Å². The van der Waals surface area contributed by atoms with Gasteiger partial charge in [-0.15, -0.1) is 0 Å². The van der Waals surface area contributed by atoms with Crippen molar-refractivity contribution >= 4 is 11.8 Å². The third-order valence-electron chi connectivity index (χ3n) is 2.29.